The van der Waals surface area contributed by atoms with Crippen LogP contribution in [0.1, 0.15) is 35.7 Å². The van der Waals surface area contributed by atoms with E-state index in [1.54, 1.807) is 12.4 Å². The SMILES string of the molecule is Cc1c(Sc2cnc(N3CCC4(CC3)Cc3ncccc3[C@H]4N)nc2N)ccnc1N. The van der Waals surface area contributed by atoms with Crippen molar-refractivity contribution in [2.75, 3.05) is 29.5 Å². The van der Waals surface area contributed by atoms with Gasteiger partial charge in [0.05, 0.1) is 4.90 Å². The number of nitrogens with two attached hydrogens (primary N) is 3. The second-order valence-electron chi connectivity index (χ2n) is 8.38. The molecule has 5 rings (SSSR count). The minimum atomic E-state index is 0.0409. The maximum atomic E-state index is 6.65. The zero-order valence-electron chi connectivity index (χ0n) is 17.5. The van der Waals surface area contributed by atoms with Gasteiger partial charge in [0.2, 0.25) is 5.95 Å². The van der Waals surface area contributed by atoms with Gasteiger partial charge in [-0.3, -0.25) is 4.98 Å². The molecule has 1 aliphatic heterocycles. The third kappa shape index (κ3) is 3.47. The molecule has 0 radical (unpaired) electrons. The Bertz CT molecular complexity index is 1130. The predicted molar refractivity (Wildman–Crippen MR) is 123 cm³/mol. The highest BCUT2D eigenvalue weighted by Crippen LogP contribution is 2.50. The lowest BCUT2D eigenvalue weighted by Crippen LogP contribution is -2.45. The first-order chi connectivity index (χ1) is 15.0. The number of aromatic nitrogens is 4. The third-order valence-electron chi connectivity index (χ3n) is 6.67. The zero-order chi connectivity index (χ0) is 21.6. The summed E-state index contributed by atoms with van der Waals surface area (Å²) in [6.45, 7) is 3.66. The number of fused-ring (bicyclic) bond motifs is 1. The van der Waals surface area contributed by atoms with E-state index in [-0.39, 0.29) is 11.5 Å². The van der Waals surface area contributed by atoms with E-state index in [0.717, 1.165) is 53.4 Å². The summed E-state index contributed by atoms with van der Waals surface area (Å²) in [4.78, 5) is 21.9. The summed E-state index contributed by atoms with van der Waals surface area (Å²) in [7, 11) is 0. The molecule has 1 atom stereocenters. The molecule has 3 aromatic heterocycles. The second kappa shape index (κ2) is 7.65. The van der Waals surface area contributed by atoms with E-state index in [1.165, 1.54) is 17.3 Å². The number of nitrogen functional groups attached to an aromatic ring is 2. The molecule has 2 aliphatic rings. The highest BCUT2D eigenvalue weighted by Gasteiger charge is 2.46. The Balaban J connectivity index is 1.29. The molecule has 160 valence electrons. The average molecular weight is 435 g/mol. The molecule has 1 spiro atoms. The Kier molecular flexibility index (Phi) is 4.94. The molecule has 9 heteroatoms. The van der Waals surface area contributed by atoms with E-state index < -0.39 is 0 Å². The molecule has 1 saturated heterocycles. The van der Waals surface area contributed by atoms with Crippen molar-refractivity contribution in [2.45, 2.75) is 42.0 Å². The summed E-state index contributed by atoms with van der Waals surface area (Å²) in [6, 6.07) is 6.06. The molecule has 1 aliphatic carbocycles. The number of piperidine rings is 1. The highest BCUT2D eigenvalue weighted by atomic mass is 32.2. The monoisotopic (exact) mass is 434 g/mol. The van der Waals surface area contributed by atoms with Crippen molar-refractivity contribution in [3.8, 4) is 0 Å². The first kappa shape index (κ1) is 20.0. The topological polar surface area (TPSA) is 133 Å². The Hall–Kier alpha value is -2.91. The third-order valence-corrected chi connectivity index (χ3v) is 7.86. The predicted octanol–water partition coefficient (Wildman–Crippen LogP) is 2.73. The molecule has 3 aromatic rings. The van der Waals surface area contributed by atoms with Crippen LogP contribution in [-0.2, 0) is 6.42 Å². The number of nitrogens with zero attached hydrogens (tertiary/aromatic N) is 5. The molecule has 31 heavy (non-hydrogen) atoms. The number of hydrogen-bond donors (Lipinski definition) is 3. The van der Waals surface area contributed by atoms with Crippen molar-refractivity contribution >= 4 is 29.3 Å². The number of anilines is 3. The summed E-state index contributed by atoms with van der Waals surface area (Å²) in [5, 5.41) is 0. The van der Waals surface area contributed by atoms with Gasteiger partial charge >= 0.3 is 0 Å². The van der Waals surface area contributed by atoms with Crippen molar-refractivity contribution in [3.05, 3.63) is 53.6 Å². The second-order valence-corrected chi connectivity index (χ2v) is 9.47. The van der Waals surface area contributed by atoms with Gasteiger partial charge < -0.3 is 22.1 Å². The van der Waals surface area contributed by atoms with Gasteiger partial charge in [-0.1, -0.05) is 17.8 Å². The Labute approximate surface area is 185 Å². The van der Waals surface area contributed by atoms with Crippen molar-refractivity contribution in [3.63, 3.8) is 0 Å². The number of pyridine rings is 2. The highest BCUT2D eigenvalue weighted by molar-refractivity contribution is 7.99. The molecular weight excluding hydrogens is 408 g/mol. The van der Waals surface area contributed by atoms with E-state index in [2.05, 4.69) is 30.9 Å². The van der Waals surface area contributed by atoms with Crippen LogP contribution in [0.25, 0.3) is 0 Å². The fourth-order valence-electron chi connectivity index (χ4n) is 4.66. The van der Waals surface area contributed by atoms with Gasteiger partial charge in [-0.05, 0) is 49.3 Å². The molecule has 8 nitrogen and oxygen atoms in total. The van der Waals surface area contributed by atoms with Gasteiger partial charge in [0, 0.05) is 53.9 Å². The van der Waals surface area contributed by atoms with Crippen LogP contribution in [0, 0.1) is 12.3 Å². The van der Waals surface area contributed by atoms with Gasteiger partial charge in [0.25, 0.3) is 0 Å². The van der Waals surface area contributed by atoms with Crippen LogP contribution in [0.5, 0.6) is 0 Å². The van der Waals surface area contributed by atoms with Gasteiger partial charge in [0.15, 0.2) is 0 Å². The molecule has 0 aromatic carbocycles. The van der Waals surface area contributed by atoms with E-state index in [0.29, 0.717) is 17.6 Å². The fourth-order valence-corrected chi connectivity index (χ4v) is 5.54. The molecule has 0 bridgehead atoms. The van der Waals surface area contributed by atoms with Crippen molar-refractivity contribution in [2.24, 2.45) is 11.1 Å². The van der Waals surface area contributed by atoms with E-state index in [4.69, 9.17) is 17.2 Å². The average Bonchev–Trinajstić information content (AvgIpc) is 3.05. The maximum Gasteiger partial charge on any atom is 0.227 e. The van der Waals surface area contributed by atoms with Crippen molar-refractivity contribution in [1.29, 1.82) is 0 Å². The molecule has 0 amide bonds. The van der Waals surface area contributed by atoms with Crippen LogP contribution in [0.15, 0.2) is 46.6 Å². The van der Waals surface area contributed by atoms with Crippen LogP contribution < -0.4 is 22.1 Å². The lowest BCUT2D eigenvalue weighted by molar-refractivity contribution is 0.186. The quantitative estimate of drug-likeness (QED) is 0.569. The Morgan fingerprint density at radius 2 is 1.84 bits per heavy atom. The molecular formula is C22H26N8S. The van der Waals surface area contributed by atoms with Gasteiger partial charge in [0.1, 0.15) is 11.6 Å². The number of rotatable bonds is 3. The molecule has 4 heterocycles. The lowest BCUT2D eigenvalue weighted by atomic mass is 9.73. The molecule has 1 fully saturated rings. The summed E-state index contributed by atoms with van der Waals surface area (Å²) < 4.78 is 0. The van der Waals surface area contributed by atoms with E-state index in [9.17, 15) is 0 Å². The maximum absolute atomic E-state index is 6.65. The Morgan fingerprint density at radius 3 is 2.58 bits per heavy atom. The van der Waals surface area contributed by atoms with E-state index >= 15 is 0 Å². The number of hydrogen-bond acceptors (Lipinski definition) is 9. The minimum Gasteiger partial charge on any atom is -0.383 e. The normalized spacial score (nSPS) is 19.5. The zero-order valence-corrected chi connectivity index (χ0v) is 18.3. The lowest BCUT2D eigenvalue weighted by Gasteiger charge is -2.42. The van der Waals surface area contributed by atoms with Crippen molar-refractivity contribution < 1.29 is 0 Å². The largest absolute Gasteiger partial charge is 0.383 e. The van der Waals surface area contributed by atoms with Crippen LogP contribution in [0.4, 0.5) is 17.6 Å². The standard InChI is InChI=1S/C22H26N8S/c1-13-16(4-8-27-19(13)24)31-17-12-28-21(29-20(17)25)30-9-5-22(6-10-30)11-15-14(18(22)23)3-2-7-26-15/h2-4,7-8,12,18H,5-6,9-11,23H2,1H3,(H2,24,27)(H2,25,28,29)/t18-/m1/s1. The molecule has 6 N–H and O–H groups in total. The Morgan fingerprint density at radius 1 is 1.03 bits per heavy atom. The fraction of sp³-hybridized carbons (Fsp3) is 0.364. The van der Waals surface area contributed by atoms with Gasteiger partial charge in [-0.2, -0.15) is 4.98 Å². The first-order valence-corrected chi connectivity index (χ1v) is 11.2. The molecule has 0 unspecified atom stereocenters. The van der Waals surface area contributed by atoms with Gasteiger partial charge in [-0.25, -0.2) is 9.97 Å². The summed E-state index contributed by atoms with van der Waals surface area (Å²) in [6.07, 6.45) is 8.27. The first-order valence-electron chi connectivity index (χ1n) is 10.4. The summed E-state index contributed by atoms with van der Waals surface area (Å²) >= 11 is 1.51. The van der Waals surface area contributed by atoms with Crippen molar-refractivity contribution in [1.82, 2.24) is 19.9 Å². The van der Waals surface area contributed by atoms with Crippen LogP contribution in [0.2, 0.25) is 0 Å². The van der Waals surface area contributed by atoms with Crippen LogP contribution >= 0.6 is 11.8 Å². The van der Waals surface area contributed by atoms with E-state index in [1.807, 2.05) is 25.3 Å². The van der Waals surface area contributed by atoms with Gasteiger partial charge in [-0.15, -0.1) is 0 Å². The minimum absolute atomic E-state index is 0.0409. The summed E-state index contributed by atoms with van der Waals surface area (Å²) in [5.74, 6) is 1.66. The smallest absolute Gasteiger partial charge is 0.227 e. The summed E-state index contributed by atoms with van der Waals surface area (Å²) in [5.41, 5.74) is 22.2. The van der Waals surface area contributed by atoms with Crippen LogP contribution in [-0.4, -0.2) is 33.0 Å². The van der Waals surface area contributed by atoms with Crippen LogP contribution in [0.3, 0.4) is 0 Å². The molecule has 0 saturated carbocycles.